The quantitative estimate of drug-likeness (QED) is 0.752. The summed E-state index contributed by atoms with van der Waals surface area (Å²) >= 11 is 0. The van der Waals surface area contributed by atoms with Crippen LogP contribution in [0.25, 0.3) is 0 Å². The molecule has 3 rings (SSSR count). The second-order valence-corrected chi connectivity index (χ2v) is 6.18. The van der Waals surface area contributed by atoms with Gasteiger partial charge in [-0.2, -0.15) is 13.2 Å². The van der Waals surface area contributed by atoms with Gasteiger partial charge in [-0.05, 0) is 31.0 Å². The van der Waals surface area contributed by atoms with E-state index < -0.39 is 29.6 Å². The Morgan fingerprint density at radius 2 is 2.07 bits per heavy atom. The molecular formula is C18H17F4N3O3. The molecule has 1 aromatic heterocycles. The Morgan fingerprint density at radius 1 is 1.29 bits per heavy atom. The van der Waals surface area contributed by atoms with E-state index in [4.69, 9.17) is 15.2 Å². The van der Waals surface area contributed by atoms with Crippen molar-refractivity contribution in [3.05, 3.63) is 47.9 Å². The van der Waals surface area contributed by atoms with E-state index in [0.717, 1.165) is 18.2 Å². The van der Waals surface area contributed by atoms with Crippen molar-refractivity contribution >= 4 is 11.6 Å². The number of aromatic nitrogens is 1. The molecule has 150 valence electrons. The third kappa shape index (κ3) is 4.76. The molecule has 1 aliphatic heterocycles. The van der Waals surface area contributed by atoms with Crippen LogP contribution in [0, 0.1) is 5.82 Å². The van der Waals surface area contributed by atoms with Crippen molar-refractivity contribution in [3.63, 3.8) is 0 Å². The normalized spacial score (nSPS) is 19.5. The molecule has 0 bridgehead atoms. The van der Waals surface area contributed by atoms with Gasteiger partial charge in [-0.25, -0.2) is 9.37 Å². The minimum absolute atomic E-state index is 0.167. The molecule has 0 spiro atoms. The smallest absolute Gasteiger partial charge is 0.417 e. The van der Waals surface area contributed by atoms with Crippen LogP contribution < -0.4 is 15.8 Å². The maximum absolute atomic E-state index is 14.2. The number of rotatable bonds is 5. The molecule has 0 radical (unpaired) electrons. The van der Waals surface area contributed by atoms with Gasteiger partial charge in [-0.3, -0.25) is 4.79 Å². The van der Waals surface area contributed by atoms with Crippen LogP contribution in [0.1, 0.15) is 18.4 Å². The van der Waals surface area contributed by atoms with Crippen molar-refractivity contribution in [3.8, 4) is 11.6 Å². The van der Waals surface area contributed by atoms with E-state index in [0.29, 0.717) is 25.6 Å². The average molecular weight is 399 g/mol. The molecule has 2 atom stereocenters. The summed E-state index contributed by atoms with van der Waals surface area (Å²) in [5, 5.41) is 2.54. The summed E-state index contributed by atoms with van der Waals surface area (Å²) in [4.78, 5) is 15.7. The second-order valence-electron chi connectivity index (χ2n) is 6.18. The molecule has 0 saturated carbocycles. The summed E-state index contributed by atoms with van der Waals surface area (Å²) in [6.07, 6.45) is -3.54. The first-order valence-electron chi connectivity index (χ1n) is 8.43. The molecule has 1 aliphatic rings. The van der Waals surface area contributed by atoms with E-state index in [2.05, 4.69) is 10.3 Å². The molecule has 0 unspecified atom stereocenters. The molecule has 1 fully saturated rings. The summed E-state index contributed by atoms with van der Waals surface area (Å²) in [5.74, 6) is -1.67. The molecule has 28 heavy (non-hydrogen) atoms. The molecule has 2 heterocycles. The van der Waals surface area contributed by atoms with Crippen molar-refractivity contribution in [2.45, 2.75) is 31.2 Å². The fourth-order valence-electron chi connectivity index (χ4n) is 2.68. The van der Waals surface area contributed by atoms with Crippen LogP contribution in [-0.4, -0.2) is 29.6 Å². The predicted molar refractivity (Wildman–Crippen MR) is 91.3 cm³/mol. The number of hydrogen-bond acceptors (Lipinski definition) is 5. The minimum atomic E-state index is -4.52. The maximum Gasteiger partial charge on any atom is 0.417 e. The van der Waals surface area contributed by atoms with E-state index in [1.165, 1.54) is 12.1 Å². The lowest BCUT2D eigenvalue weighted by Crippen LogP contribution is -2.29. The monoisotopic (exact) mass is 399 g/mol. The van der Waals surface area contributed by atoms with Gasteiger partial charge in [0.15, 0.2) is 11.6 Å². The van der Waals surface area contributed by atoms with Crippen LogP contribution in [-0.2, 0) is 15.7 Å². The number of benzene rings is 1. The minimum Gasteiger partial charge on any atom is -0.436 e. The number of carbonyl (C=O) groups is 1. The zero-order chi connectivity index (χ0) is 20.3. The fourth-order valence-corrected chi connectivity index (χ4v) is 2.68. The Balaban J connectivity index is 1.63. The zero-order valence-electron chi connectivity index (χ0n) is 14.5. The number of anilines is 1. The highest BCUT2D eigenvalue weighted by atomic mass is 19.4. The number of nitrogens with one attached hydrogen (secondary N) is 1. The number of alkyl halides is 3. The van der Waals surface area contributed by atoms with Gasteiger partial charge in [0, 0.05) is 30.6 Å². The highest BCUT2D eigenvalue weighted by molar-refractivity contribution is 5.94. The zero-order valence-corrected chi connectivity index (χ0v) is 14.5. The Kier molecular flexibility index (Phi) is 5.80. The van der Waals surface area contributed by atoms with Gasteiger partial charge in [-0.15, -0.1) is 0 Å². The largest absolute Gasteiger partial charge is 0.436 e. The number of nitrogens with zero attached hydrogens (tertiary/aromatic N) is 1. The number of amides is 1. The molecule has 0 aliphatic carbocycles. The van der Waals surface area contributed by atoms with Gasteiger partial charge in [-0.1, -0.05) is 0 Å². The molecule has 1 saturated heterocycles. The number of nitrogens with two attached hydrogens (primary N) is 1. The summed E-state index contributed by atoms with van der Waals surface area (Å²) in [5.41, 5.74) is 4.75. The first-order chi connectivity index (χ1) is 13.3. The van der Waals surface area contributed by atoms with E-state index >= 15 is 0 Å². The number of ether oxygens (including phenoxy) is 2. The van der Waals surface area contributed by atoms with E-state index in [1.54, 1.807) is 0 Å². The lowest BCUT2D eigenvalue weighted by molar-refractivity contribution is -0.137. The molecule has 2 aromatic rings. The lowest BCUT2D eigenvalue weighted by Gasteiger charge is -2.13. The maximum atomic E-state index is 14.2. The van der Waals surface area contributed by atoms with Crippen molar-refractivity contribution in [1.29, 1.82) is 0 Å². The van der Waals surface area contributed by atoms with Crippen LogP contribution >= 0.6 is 0 Å². The van der Waals surface area contributed by atoms with Gasteiger partial charge in [0.05, 0.1) is 11.7 Å². The first kappa shape index (κ1) is 20.0. The van der Waals surface area contributed by atoms with Gasteiger partial charge < -0.3 is 20.5 Å². The molecule has 3 N–H and O–H groups in total. The number of carbonyl (C=O) groups excluding carboxylic acids is 1. The number of halogens is 4. The second kappa shape index (κ2) is 8.11. The van der Waals surface area contributed by atoms with Crippen molar-refractivity contribution < 1.29 is 31.8 Å². The van der Waals surface area contributed by atoms with Crippen molar-refractivity contribution in [2.24, 2.45) is 5.73 Å². The van der Waals surface area contributed by atoms with E-state index in [9.17, 15) is 22.4 Å². The van der Waals surface area contributed by atoms with Crippen LogP contribution in [0.3, 0.4) is 0 Å². The standard InChI is InChI=1S/C18H17F4N3O3/c19-13-7-11(25-17(26)15-5-3-12(8-23)27-15)2-4-14(13)28-16-6-1-10(9-24-16)18(20,21)22/h1-2,4,6-7,9,12,15H,3,5,8,23H2,(H,25,26)/t12-,15+/m1/s1. The summed E-state index contributed by atoms with van der Waals surface area (Å²) < 4.78 is 62.4. The Labute approximate surface area is 157 Å². The van der Waals surface area contributed by atoms with Gasteiger partial charge >= 0.3 is 6.18 Å². The SMILES string of the molecule is NC[C@H]1CC[C@@H](C(=O)Nc2ccc(Oc3ccc(C(F)(F)F)cn3)c(F)c2)O1. The van der Waals surface area contributed by atoms with E-state index in [-0.39, 0.29) is 23.4 Å². The van der Waals surface area contributed by atoms with Crippen LogP contribution in [0.4, 0.5) is 23.2 Å². The highest BCUT2D eigenvalue weighted by Gasteiger charge is 2.31. The van der Waals surface area contributed by atoms with E-state index in [1.807, 2.05) is 0 Å². The van der Waals surface area contributed by atoms with Crippen LogP contribution in [0.2, 0.25) is 0 Å². The Bertz CT molecular complexity index is 843. The summed E-state index contributed by atoms with van der Waals surface area (Å²) in [6.45, 7) is 0.322. The average Bonchev–Trinajstić information content (AvgIpc) is 3.13. The fraction of sp³-hybridized carbons (Fsp3) is 0.333. The third-order valence-corrected chi connectivity index (χ3v) is 4.14. The molecule has 1 aromatic carbocycles. The first-order valence-corrected chi connectivity index (χ1v) is 8.43. The summed E-state index contributed by atoms with van der Waals surface area (Å²) in [6, 6.07) is 5.44. The van der Waals surface area contributed by atoms with Crippen LogP contribution in [0.15, 0.2) is 36.5 Å². The topological polar surface area (TPSA) is 86.5 Å². The Morgan fingerprint density at radius 3 is 2.64 bits per heavy atom. The van der Waals surface area contributed by atoms with Gasteiger partial charge in [0.1, 0.15) is 6.10 Å². The Hall–Kier alpha value is -2.72. The number of hydrogen-bond donors (Lipinski definition) is 2. The van der Waals surface area contributed by atoms with Crippen molar-refractivity contribution in [1.82, 2.24) is 4.98 Å². The predicted octanol–water partition coefficient (Wildman–Crippen LogP) is 3.48. The van der Waals surface area contributed by atoms with Crippen LogP contribution in [0.5, 0.6) is 11.6 Å². The molecule has 10 heteroatoms. The van der Waals surface area contributed by atoms with Crippen molar-refractivity contribution in [2.75, 3.05) is 11.9 Å². The number of pyridine rings is 1. The molecule has 6 nitrogen and oxygen atoms in total. The van der Waals surface area contributed by atoms with Gasteiger partial charge in [0.25, 0.3) is 5.91 Å². The summed E-state index contributed by atoms with van der Waals surface area (Å²) in [7, 11) is 0. The van der Waals surface area contributed by atoms with Gasteiger partial charge in [0.2, 0.25) is 5.88 Å². The lowest BCUT2D eigenvalue weighted by atomic mass is 10.2. The third-order valence-electron chi connectivity index (χ3n) is 4.14. The molecular weight excluding hydrogens is 382 g/mol. The highest BCUT2D eigenvalue weighted by Crippen LogP contribution is 2.31. The molecule has 1 amide bonds.